The molecule has 10 heteroatoms. The first kappa shape index (κ1) is 28.5. The molecule has 0 amide bonds. The van der Waals surface area contributed by atoms with E-state index < -0.39 is 10.0 Å². The van der Waals surface area contributed by atoms with Gasteiger partial charge < -0.3 is 15.7 Å². The normalized spacial score (nSPS) is 13.4. The fourth-order valence-corrected chi connectivity index (χ4v) is 4.85. The van der Waals surface area contributed by atoms with E-state index >= 15 is 0 Å². The van der Waals surface area contributed by atoms with Gasteiger partial charge in [0, 0.05) is 18.4 Å². The maximum Gasteiger partial charge on any atom is 0.240 e. The molecular weight excluding hydrogens is 518 g/mol. The van der Waals surface area contributed by atoms with Gasteiger partial charge in [0.2, 0.25) is 16.0 Å². The van der Waals surface area contributed by atoms with Crippen molar-refractivity contribution in [1.29, 1.82) is 0 Å². The van der Waals surface area contributed by atoms with Gasteiger partial charge in [-0.1, -0.05) is 58.9 Å². The summed E-state index contributed by atoms with van der Waals surface area (Å²) in [6.45, 7) is 6.75. The summed E-state index contributed by atoms with van der Waals surface area (Å²) in [6.07, 6.45) is 9.21. The molecule has 2 rings (SSSR count). The van der Waals surface area contributed by atoms with Crippen LogP contribution in [0.4, 0.5) is 17.5 Å². The molecule has 0 bridgehead atoms. The highest BCUT2D eigenvalue weighted by Gasteiger charge is 2.16. The van der Waals surface area contributed by atoms with Crippen LogP contribution in [0.3, 0.4) is 0 Å². The Morgan fingerprint density at radius 1 is 1.15 bits per heavy atom. The summed E-state index contributed by atoms with van der Waals surface area (Å²) >= 11 is 3.41. The standard InChI is InChI=1S/C24H38BrN5O3S/c1-4-6-7-8-10-18(3)13-14-27-34(32,33)21-12-9-11-20(15-21)29-24-26-16-22(25)23(30-24)28-19(5-2)17-31/h9,11-12,15-16,18-19,27,31H,4-8,10,13-14,17H2,1-3H3,(H2,26,28,29,30)/t18?,19-/m1/s1. The van der Waals surface area contributed by atoms with Crippen molar-refractivity contribution in [2.24, 2.45) is 5.92 Å². The smallest absolute Gasteiger partial charge is 0.240 e. The first-order valence-corrected chi connectivity index (χ1v) is 14.3. The Labute approximate surface area is 212 Å². The summed E-state index contributed by atoms with van der Waals surface area (Å²) in [7, 11) is -3.62. The van der Waals surface area contributed by atoms with Crippen molar-refractivity contribution >= 4 is 43.4 Å². The molecule has 1 aromatic carbocycles. The van der Waals surface area contributed by atoms with Gasteiger partial charge in [-0.25, -0.2) is 18.1 Å². The van der Waals surface area contributed by atoms with Crippen molar-refractivity contribution in [3.63, 3.8) is 0 Å². The molecule has 34 heavy (non-hydrogen) atoms. The molecule has 0 radical (unpaired) electrons. The largest absolute Gasteiger partial charge is 0.394 e. The number of nitrogens with one attached hydrogen (secondary N) is 3. The van der Waals surface area contributed by atoms with E-state index in [0.29, 0.717) is 34.4 Å². The first-order valence-electron chi connectivity index (χ1n) is 12.1. The Morgan fingerprint density at radius 2 is 1.94 bits per heavy atom. The minimum absolute atomic E-state index is 0.0136. The Kier molecular flexibility index (Phi) is 12.2. The average Bonchev–Trinajstić information content (AvgIpc) is 2.82. The topological polar surface area (TPSA) is 116 Å². The lowest BCUT2D eigenvalue weighted by Crippen LogP contribution is -2.26. The number of unbranched alkanes of at least 4 members (excludes halogenated alkanes) is 3. The van der Waals surface area contributed by atoms with Crippen LogP contribution in [-0.2, 0) is 10.0 Å². The Morgan fingerprint density at radius 3 is 2.65 bits per heavy atom. The van der Waals surface area contributed by atoms with Crippen LogP contribution in [0.1, 0.15) is 65.7 Å². The number of rotatable bonds is 16. The fourth-order valence-electron chi connectivity index (χ4n) is 3.46. The molecule has 0 aliphatic carbocycles. The van der Waals surface area contributed by atoms with Gasteiger partial charge in [-0.3, -0.25) is 0 Å². The highest BCUT2D eigenvalue weighted by Crippen LogP contribution is 2.24. The molecular formula is C24H38BrN5O3S. The summed E-state index contributed by atoms with van der Waals surface area (Å²) in [5, 5.41) is 15.7. The Hall–Kier alpha value is -1.75. The average molecular weight is 557 g/mol. The van der Waals surface area contributed by atoms with Gasteiger partial charge >= 0.3 is 0 Å². The van der Waals surface area contributed by atoms with Gasteiger partial charge in [0.1, 0.15) is 5.82 Å². The number of halogens is 1. The van der Waals surface area contributed by atoms with Crippen LogP contribution in [0, 0.1) is 5.92 Å². The minimum atomic E-state index is -3.62. The molecule has 190 valence electrons. The molecule has 0 aliphatic heterocycles. The van der Waals surface area contributed by atoms with Gasteiger partial charge in [-0.15, -0.1) is 0 Å². The third-order valence-corrected chi connectivity index (χ3v) is 7.72. The van der Waals surface area contributed by atoms with Crippen LogP contribution in [0.5, 0.6) is 0 Å². The van der Waals surface area contributed by atoms with E-state index in [1.807, 2.05) is 6.92 Å². The SMILES string of the molecule is CCCCCCC(C)CCNS(=O)(=O)c1cccc(Nc2ncc(Br)c(N[C@H](CC)CO)n2)c1. The lowest BCUT2D eigenvalue weighted by molar-refractivity contribution is 0.271. The van der Waals surface area contributed by atoms with Gasteiger partial charge in [-0.05, 0) is 52.9 Å². The van der Waals surface area contributed by atoms with Crippen molar-refractivity contribution in [3.8, 4) is 0 Å². The number of aromatic nitrogens is 2. The van der Waals surface area contributed by atoms with Gasteiger partial charge in [0.05, 0.1) is 22.0 Å². The third-order valence-electron chi connectivity index (χ3n) is 5.68. The van der Waals surface area contributed by atoms with Crippen LogP contribution in [0.2, 0.25) is 0 Å². The van der Waals surface area contributed by atoms with E-state index in [9.17, 15) is 13.5 Å². The number of aliphatic hydroxyl groups is 1. The molecule has 1 unspecified atom stereocenters. The first-order chi connectivity index (χ1) is 16.3. The number of aliphatic hydroxyl groups excluding tert-OH is 1. The number of nitrogens with zero attached hydrogens (tertiary/aromatic N) is 2. The lowest BCUT2D eigenvalue weighted by atomic mass is 10.00. The predicted octanol–water partition coefficient (Wildman–Crippen LogP) is 5.44. The molecule has 0 spiro atoms. The zero-order valence-corrected chi connectivity index (χ0v) is 22.8. The molecule has 0 fully saturated rings. The van der Waals surface area contributed by atoms with E-state index in [0.717, 1.165) is 19.3 Å². The monoisotopic (exact) mass is 555 g/mol. The second-order valence-corrected chi connectivity index (χ2v) is 11.2. The zero-order valence-electron chi connectivity index (χ0n) is 20.3. The lowest BCUT2D eigenvalue weighted by Gasteiger charge is -2.16. The van der Waals surface area contributed by atoms with E-state index in [4.69, 9.17) is 0 Å². The van der Waals surface area contributed by atoms with Gasteiger partial charge in [0.25, 0.3) is 0 Å². The minimum Gasteiger partial charge on any atom is -0.394 e. The Balaban J connectivity index is 1.98. The summed E-state index contributed by atoms with van der Waals surface area (Å²) in [6, 6.07) is 6.46. The van der Waals surface area contributed by atoms with Crippen molar-refractivity contribution in [1.82, 2.24) is 14.7 Å². The third kappa shape index (κ3) is 9.48. The molecule has 8 nitrogen and oxygen atoms in total. The summed E-state index contributed by atoms with van der Waals surface area (Å²) < 4.78 is 29.0. The van der Waals surface area contributed by atoms with E-state index in [1.165, 1.54) is 25.7 Å². The molecule has 4 N–H and O–H groups in total. The number of benzene rings is 1. The molecule has 1 aromatic heterocycles. The molecule has 2 aromatic rings. The summed E-state index contributed by atoms with van der Waals surface area (Å²) in [5.74, 6) is 1.36. The molecule has 0 saturated heterocycles. The van der Waals surface area contributed by atoms with Crippen molar-refractivity contribution in [2.75, 3.05) is 23.8 Å². The second-order valence-electron chi connectivity index (χ2n) is 8.62. The Bertz CT molecular complexity index is 986. The molecule has 0 saturated carbocycles. The van der Waals surface area contributed by atoms with Crippen molar-refractivity contribution < 1.29 is 13.5 Å². The number of anilines is 3. The molecule has 1 heterocycles. The van der Waals surface area contributed by atoms with Crippen molar-refractivity contribution in [2.45, 2.75) is 76.7 Å². The predicted molar refractivity (Wildman–Crippen MR) is 142 cm³/mol. The van der Waals surface area contributed by atoms with E-state index in [1.54, 1.807) is 30.5 Å². The van der Waals surface area contributed by atoms with Crippen molar-refractivity contribution in [3.05, 3.63) is 34.9 Å². The van der Waals surface area contributed by atoms with Crippen LogP contribution in [-0.4, -0.2) is 42.7 Å². The number of hydrogen-bond donors (Lipinski definition) is 4. The second kappa shape index (κ2) is 14.6. The zero-order chi connectivity index (χ0) is 25.0. The molecule has 2 atom stereocenters. The quantitative estimate of drug-likeness (QED) is 0.204. The number of sulfonamides is 1. The maximum absolute atomic E-state index is 12.8. The highest BCUT2D eigenvalue weighted by atomic mass is 79.9. The van der Waals surface area contributed by atoms with Crippen LogP contribution in [0.25, 0.3) is 0 Å². The summed E-state index contributed by atoms with van der Waals surface area (Å²) in [5.41, 5.74) is 0.564. The summed E-state index contributed by atoms with van der Waals surface area (Å²) in [4.78, 5) is 8.89. The number of hydrogen-bond acceptors (Lipinski definition) is 7. The van der Waals surface area contributed by atoms with Crippen LogP contribution >= 0.6 is 15.9 Å². The van der Waals surface area contributed by atoms with Crippen LogP contribution < -0.4 is 15.4 Å². The van der Waals surface area contributed by atoms with E-state index in [2.05, 4.69) is 55.1 Å². The maximum atomic E-state index is 12.8. The van der Waals surface area contributed by atoms with Gasteiger partial charge in [0.15, 0.2) is 0 Å². The van der Waals surface area contributed by atoms with Crippen LogP contribution in [0.15, 0.2) is 39.8 Å². The fraction of sp³-hybridized carbons (Fsp3) is 0.583. The van der Waals surface area contributed by atoms with E-state index in [-0.39, 0.29) is 17.5 Å². The van der Waals surface area contributed by atoms with Gasteiger partial charge in [-0.2, -0.15) is 4.98 Å². The molecule has 0 aliphatic rings. The highest BCUT2D eigenvalue weighted by molar-refractivity contribution is 9.10.